The van der Waals surface area contributed by atoms with Gasteiger partial charge in [-0.3, -0.25) is 4.79 Å². The van der Waals surface area contributed by atoms with Gasteiger partial charge < -0.3 is 10.4 Å². The second-order valence-corrected chi connectivity index (χ2v) is 5.53. The largest absolute Gasteiger partial charge is 0.394 e. The molecular weight excluding hydrogens is 238 g/mol. The fourth-order valence-corrected chi connectivity index (χ4v) is 2.83. The van der Waals surface area contributed by atoms with Gasteiger partial charge in [-0.2, -0.15) is 0 Å². The van der Waals surface area contributed by atoms with E-state index >= 15 is 0 Å². The van der Waals surface area contributed by atoms with E-state index < -0.39 is 0 Å². The van der Waals surface area contributed by atoms with Crippen LogP contribution < -0.4 is 5.32 Å². The molecule has 1 saturated carbocycles. The predicted molar refractivity (Wildman–Crippen MR) is 75.8 cm³/mol. The Bertz CT molecular complexity index is 396. The summed E-state index contributed by atoms with van der Waals surface area (Å²) in [5.74, 6) is 0.0758. The summed E-state index contributed by atoms with van der Waals surface area (Å²) < 4.78 is 0. The molecule has 3 nitrogen and oxygen atoms in total. The fraction of sp³-hybridized carbons (Fsp3) is 0.562. The zero-order valence-electron chi connectivity index (χ0n) is 11.4. The standard InChI is InChI=1S/C16H23NO2/c18-13-16(11-4-5-12-16)17-15(19)10-6-9-14-7-2-1-3-8-14/h1-3,7-8,18H,4-6,9-13H2,(H,17,19). The van der Waals surface area contributed by atoms with Crippen LogP contribution in [0.25, 0.3) is 0 Å². The van der Waals surface area contributed by atoms with Crippen molar-refractivity contribution in [1.82, 2.24) is 5.32 Å². The Morgan fingerprint density at radius 2 is 1.89 bits per heavy atom. The minimum Gasteiger partial charge on any atom is -0.394 e. The first-order valence-electron chi connectivity index (χ1n) is 7.20. The topological polar surface area (TPSA) is 49.3 Å². The van der Waals surface area contributed by atoms with Crippen molar-refractivity contribution in [1.29, 1.82) is 0 Å². The summed E-state index contributed by atoms with van der Waals surface area (Å²) in [6.45, 7) is 0.0669. The Labute approximate surface area is 115 Å². The molecule has 0 unspecified atom stereocenters. The molecule has 2 rings (SSSR count). The van der Waals surface area contributed by atoms with Crippen molar-refractivity contribution in [2.75, 3.05) is 6.61 Å². The Balaban J connectivity index is 1.73. The van der Waals surface area contributed by atoms with Crippen LogP contribution in [0.4, 0.5) is 0 Å². The van der Waals surface area contributed by atoms with Gasteiger partial charge in [-0.15, -0.1) is 0 Å². The molecule has 1 aromatic carbocycles. The maximum Gasteiger partial charge on any atom is 0.220 e. The molecule has 1 aliphatic carbocycles. The minimum absolute atomic E-state index is 0.0669. The quantitative estimate of drug-likeness (QED) is 0.826. The van der Waals surface area contributed by atoms with Crippen LogP contribution in [0, 0.1) is 0 Å². The highest BCUT2D eigenvalue weighted by Crippen LogP contribution is 2.29. The van der Waals surface area contributed by atoms with Gasteiger partial charge in [0.15, 0.2) is 0 Å². The molecule has 3 heteroatoms. The summed E-state index contributed by atoms with van der Waals surface area (Å²) in [6, 6.07) is 10.2. The van der Waals surface area contributed by atoms with E-state index in [4.69, 9.17) is 0 Å². The summed E-state index contributed by atoms with van der Waals surface area (Å²) in [7, 11) is 0. The predicted octanol–water partition coefficient (Wildman–Crippen LogP) is 2.43. The summed E-state index contributed by atoms with van der Waals surface area (Å²) >= 11 is 0. The summed E-state index contributed by atoms with van der Waals surface area (Å²) in [6.07, 6.45) is 6.35. The summed E-state index contributed by atoms with van der Waals surface area (Å²) in [5, 5.41) is 12.5. The molecule has 0 atom stereocenters. The molecule has 2 N–H and O–H groups in total. The molecule has 0 heterocycles. The van der Waals surface area contributed by atoms with Crippen LogP contribution in [-0.4, -0.2) is 23.2 Å². The number of amides is 1. The molecule has 0 radical (unpaired) electrons. The van der Waals surface area contributed by atoms with Crippen molar-refractivity contribution >= 4 is 5.91 Å². The minimum atomic E-state index is -0.330. The van der Waals surface area contributed by atoms with E-state index in [1.807, 2.05) is 18.2 Å². The first-order chi connectivity index (χ1) is 9.24. The summed E-state index contributed by atoms with van der Waals surface area (Å²) in [5.41, 5.74) is 0.942. The van der Waals surface area contributed by atoms with Crippen LogP contribution in [-0.2, 0) is 11.2 Å². The zero-order chi connectivity index (χ0) is 13.6. The highest BCUT2D eigenvalue weighted by atomic mass is 16.3. The van der Waals surface area contributed by atoms with Crippen molar-refractivity contribution in [3.63, 3.8) is 0 Å². The number of aryl methyl sites for hydroxylation is 1. The zero-order valence-corrected chi connectivity index (χ0v) is 11.4. The Kier molecular flexibility index (Phi) is 4.97. The molecule has 0 aromatic heterocycles. The van der Waals surface area contributed by atoms with Gasteiger partial charge in [-0.25, -0.2) is 0 Å². The molecule has 1 aliphatic rings. The number of rotatable bonds is 6. The molecule has 0 aliphatic heterocycles. The SMILES string of the molecule is O=C(CCCc1ccccc1)NC1(CO)CCCC1. The third-order valence-corrected chi connectivity index (χ3v) is 3.98. The van der Waals surface area contributed by atoms with Crippen LogP contribution >= 0.6 is 0 Å². The molecular formula is C16H23NO2. The molecule has 0 saturated heterocycles. The molecule has 0 bridgehead atoms. The van der Waals surface area contributed by atoms with Crippen molar-refractivity contribution in [3.05, 3.63) is 35.9 Å². The lowest BCUT2D eigenvalue weighted by molar-refractivity contribution is -0.123. The number of aliphatic hydroxyl groups excluding tert-OH is 1. The number of nitrogens with one attached hydrogen (secondary N) is 1. The van der Waals surface area contributed by atoms with E-state index in [-0.39, 0.29) is 18.1 Å². The molecule has 104 valence electrons. The van der Waals surface area contributed by atoms with E-state index in [1.165, 1.54) is 5.56 Å². The van der Waals surface area contributed by atoms with Crippen molar-refractivity contribution in [2.45, 2.75) is 50.5 Å². The first kappa shape index (κ1) is 14.1. The van der Waals surface area contributed by atoms with Crippen LogP contribution in [0.15, 0.2) is 30.3 Å². The Hall–Kier alpha value is -1.35. The number of carbonyl (C=O) groups excluding carboxylic acids is 1. The van der Waals surface area contributed by atoms with Gasteiger partial charge in [0.2, 0.25) is 5.91 Å². The van der Waals surface area contributed by atoms with Crippen molar-refractivity contribution in [3.8, 4) is 0 Å². The highest BCUT2D eigenvalue weighted by Gasteiger charge is 2.34. The number of hydrogen-bond acceptors (Lipinski definition) is 2. The van der Waals surface area contributed by atoms with E-state index in [0.717, 1.165) is 38.5 Å². The van der Waals surface area contributed by atoms with Gasteiger partial charge in [0.25, 0.3) is 0 Å². The lowest BCUT2D eigenvalue weighted by Crippen LogP contribution is -2.49. The van der Waals surface area contributed by atoms with Gasteiger partial charge in [0.05, 0.1) is 12.1 Å². The van der Waals surface area contributed by atoms with E-state index in [1.54, 1.807) is 0 Å². The van der Waals surface area contributed by atoms with Gasteiger partial charge in [0.1, 0.15) is 0 Å². The monoisotopic (exact) mass is 261 g/mol. The van der Waals surface area contributed by atoms with E-state index in [2.05, 4.69) is 17.4 Å². The summed E-state index contributed by atoms with van der Waals surface area (Å²) in [4.78, 5) is 11.9. The molecule has 0 spiro atoms. The first-order valence-corrected chi connectivity index (χ1v) is 7.20. The van der Waals surface area contributed by atoms with Crippen LogP contribution in [0.3, 0.4) is 0 Å². The lowest BCUT2D eigenvalue weighted by atomic mass is 9.98. The number of benzene rings is 1. The van der Waals surface area contributed by atoms with Crippen LogP contribution in [0.5, 0.6) is 0 Å². The van der Waals surface area contributed by atoms with Gasteiger partial charge in [-0.05, 0) is 31.2 Å². The molecule has 19 heavy (non-hydrogen) atoms. The van der Waals surface area contributed by atoms with Crippen LogP contribution in [0.2, 0.25) is 0 Å². The third kappa shape index (κ3) is 4.06. The van der Waals surface area contributed by atoms with Gasteiger partial charge >= 0.3 is 0 Å². The number of carbonyl (C=O) groups is 1. The lowest BCUT2D eigenvalue weighted by Gasteiger charge is -2.28. The maximum absolute atomic E-state index is 11.9. The normalized spacial score (nSPS) is 17.3. The van der Waals surface area contributed by atoms with Gasteiger partial charge in [-0.1, -0.05) is 43.2 Å². The number of aliphatic hydroxyl groups is 1. The Morgan fingerprint density at radius 1 is 1.21 bits per heavy atom. The third-order valence-electron chi connectivity index (χ3n) is 3.98. The van der Waals surface area contributed by atoms with E-state index in [0.29, 0.717) is 6.42 Å². The fourth-order valence-electron chi connectivity index (χ4n) is 2.83. The smallest absolute Gasteiger partial charge is 0.220 e. The number of hydrogen-bond donors (Lipinski definition) is 2. The van der Waals surface area contributed by atoms with Crippen molar-refractivity contribution in [2.24, 2.45) is 0 Å². The molecule has 1 fully saturated rings. The molecule has 1 amide bonds. The second-order valence-electron chi connectivity index (χ2n) is 5.53. The van der Waals surface area contributed by atoms with Crippen molar-refractivity contribution < 1.29 is 9.90 Å². The molecule has 1 aromatic rings. The maximum atomic E-state index is 11.9. The second kappa shape index (κ2) is 6.71. The Morgan fingerprint density at radius 3 is 2.53 bits per heavy atom. The average Bonchev–Trinajstić information content (AvgIpc) is 2.89. The highest BCUT2D eigenvalue weighted by molar-refractivity contribution is 5.76. The van der Waals surface area contributed by atoms with Gasteiger partial charge in [0, 0.05) is 6.42 Å². The average molecular weight is 261 g/mol. The van der Waals surface area contributed by atoms with Crippen LogP contribution in [0.1, 0.15) is 44.1 Å². The van der Waals surface area contributed by atoms with E-state index in [9.17, 15) is 9.90 Å².